The fraction of sp³-hybridized carbons (Fsp3) is 0.462. The average molecular weight is 388 g/mol. The van der Waals surface area contributed by atoms with Crippen molar-refractivity contribution < 1.29 is 18.0 Å². The molecule has 118 valence electrons. The Bertz CT molecular complexity index is 505. The van der Waals surface area contributed by atoms with Crippen molar-refractivity contribution in [1.82, 2.24) is 10.6 Å². The summed E-state index contributed by atoms with van der Waals surface area (Å²) in [6.45, 7) is 1.46. The second-order valence-corrected chi connectivity index (χ2v) is 5.62. The first-order chi connectivity index (χ1) is 9.38. The van der Waals surface area contributed by atoms with Crippen molar-refractivity contribution in [2.75, 3.05) is 13.1 Å². The molecule has 2 rings (SSSR count). The number of nitrogens with one attached hydrogen (secondary N) is 2. The van der Waals surface area contributed by atoms with Gasteiger partial charge in [-0.05, 0) is 37.6 Å². The number of carbonyl (C=O) groups excluding carboxylic acids is 1. The molecule has 0 aliphatic carbocycles. The smallest absolute Gasteiger partial charge is 0.348 e. The zero-order valence-electron chi connectivity index (χ0n) is 11.0. The molecule has 1 heterocycles. The molecule has 0 aromatic heterocycles. The molecule has 2 N–H and O–H groups in total. The van der Waals surface area contributed by atoms with Crippen LogP contribution in [0.4, 0.5) is 13.2 Å². The Balaban J connectivity index is 0.00000220. The molecule has 1 saturated heterocycles. The summed E-state index contributed by atoms with van der Waals surface area (Å²) in [5.41, 5.74) is -1.26. The van der Waals surface area contributed by atoms with Gasteiger partial charge in [0.1, 0.15) is 0 Å². The summed E-state index contributed by atoms with van der Waals surface area (Å²) >= 11 is 2.99. The van der Waals surface area contributed by atoms with Crippen LogP contribution in [0.5, 0.6) is 0 Å². The molecule has 0 radical (unpaired) electrons. The highest BCUT2D eigenvalue weighted by atomic mass is 79.9. The standard InChI is InChI=1S/C13H14BrF3N2O.ClH/c14-8-3-4-10(11(6-8)13(15,16)17)12(20)19-9-2-1-5-18-7-9;/h3-4,6,9,18H,1-2,5,7H2,(H,19,20);1H/t9-;/m0./s1. The minimum atomic E-state index is -4.55. The Morgan fingerprint density at radius 2 is 2.10 bits per heavy atom. The molecule has 3 nitrogen and oxygen atoms in total. The number of benzene rings is 1. The minimum absolute atomic E-state index is 0. The molecule has 21 heavy (non-hydrogen) atoms. The van der Waals surface area contributed by atoms with Gasteiger partial charge in [0.05, 0.1) is 11.1 Å². The van der Waals surface area contributed by atoms with Crippen LogP contribution >= 0.6 is 28.3 Å². The number of rotatable bonds is 2. The maximum atomic E-state index is 13.0. The van der Waals surface area contributed by atoms with Gasteiger partial charge in [-0.3, -0.25) is 4.79 Å². The van der Waals surface area contributed by atoms with Gasteiger partial charge < -0.3 is 10.6 Å². The number of amides is 1. The van der Waals surface area contributed by atoms with E-state index >= 15 is 0 Å². The molecule has 1 aliphatic heterocycles. The molecule has 1 aromatic rings. The third kappa shape index (κ3) is 4.86. The van der Waals surface area contributed by atoms with Crippen molar-refractivity contribution in [1.29, 1.82) is 0 Å². The highest BCUT2D eigenvalue weighted by Gasteiger charge is 2.35. The van der Waals surface area contributed by atoms with Gasteiger partial charge in [-0.2, -0.15) is 13.2 Å². The van der Waals surface area contributed by atoms with E-state index in [9.17, 15) is 18.0 Å². The Kier molecular flexibility index (Phi) is 6.49. The van der Waals surface area contributed by atoms with Crippen LogP contribution in [0.25, 0.3) is 0 Å². The molecule has 0 bridgehead atoms. The summed E-state index contributed by atoms with van der Waals surface area (Å²) in [7, 11) is 0. The monoisotopic (exact) mass is 386 g/mol. The minimum Gasteiger partial charge on any atom is -0.348 e. The highest BCUT2D eigenvalue weighted by molar-refractivity contribution is 9.10. The van der Waals surface area contributed by atoms with Crippen LogP contribution in [-0.2, 0) is 6.18 Å². The van der Waals surface area contributed by atoms with Crippen LogP contribution < -0.4 is 10.6 Å². The van der Waals surface area contributed by atoms with E-state index in [0.29, 0.717) is 11.0 Å². The first-order valence-corrected chi connectivity index (χ1v) is 7.05. The largest absolute Gasteiger partial charge is 0.417 e. The van der Waals surface area contributed by atoms with Crippen molar-refractivity contribution in [2.45, 2.75) is 25.1 Å². The van der Waals surface area contributed by atoms with Gasteiger partial charge in [-0.25, -0.2) is 0 Å². The number of alkyl halides is 3. The predicted octanol–water partition coefficient (Wildman–Crippen LogP) is 3.37. The zero-order chi connectivity index (χ0) is 14.8. The molecule has 1 amide bonds. The van der Waals surface area contributed by atoms with Crippen LogP contribution in [0.1, 0.15) is 28.8 Å². The van der Waals surface area contributed by atoms with E-state index in [1.807, 2.05) is 0 Å². The van der Waals surface area contributed by atoms with E-state index in [-0.39, 0.29) is 24.0 Å². The number of carbonyl (C=O) groups is 1. The second kappa shape index (κ2) is 7.47. The van der Waals surface area contributed by atoms with E-state index < -0.39 is 17.6 Å². The lowest BCUT2D eigenvalue weighted by molar-refractivity contribution is -0.138. The van der Waals surface area contributed by atoms with Crippen LogP contribution in [0, 0.1) is 0 Å². The van der Waals surface area contributed by atoms with Gasteiger partial charge in [0.2, 0.25) is 0 Å². The fourth-order valence-electron chi connectivity index (χ4n) is 2.19. The summed E-state index contributed by atoms with van der Waals surface area (Å²) < 4.78 is 39.2. The van der Waals surface area contributed by atoms with Gasteiger partial charge in [0, 0.05) is 17.1 Å². The molecule has 1 aromatic carbocycles. The fourth-order valence-corrected chi connectivity index (χ4v) is 2.55. The third-order valence-corrected chi connectivity index (χ3v) is 3.66. The van der Waals surface area contributed by atoms with Gasteiger partial charge >= 0.3 is 6.18 Å². The Morgan fingerprint density at radius 3 is 2.67 bits per heavy atom. The van der Waals surface area contributed by atoms with E-state index in [4.69, 9.17) is 0 Å². The SMILES string of the molecule is Cl.O=C(N[C@H]1CCCNC1)c1ccc(Br)cc1C(F)(F)F. The van der Waals surface area contributed by atoms with Gasteiger partial charge in [-0.15, -0.1) is 12.4 Å². The third-order valence-electron chi connectivity index (χ3n) is 3.16. The van der Waals surface area contributed by atoms with Crippen molar-refractivity contribution in [2.24, 2.45) is 0 Å². The maximum absolute atomic E-state index is 13.0. The van der Waals surface area contributed by atoms with Crippen molar-refractivity contribution in [3.05, 3.63) is 33.8 Å². The van der Waals surface area contributed by atoms with Gasteiger partial charge in [0.25, 0.3) is 5.91 Å². The summed E-state index contributed by atoms with van der Waals surface area (Å²) in [6.07, 6.45) is -2.88. The first-order valence-electron chi connectivity index (χ1n) is 6.26. The maximum Gasteiger partial charge on any atom is 0.417 e. The first kappa shape index (κ1) is 18.3. The van der Waals surface area contributed by atoms with Crippen LogP contribution in [0.15, 0.2) is 22.7 Å². The average Bonchev–Trinajstić information content (AvgIpc) is 2.38. The lowest BCUT2D eigenvalue weighted by Gasteiger charge is -2.24. The molecule has 0 spiro atoms. The molecule has 8 heteroatoms. The second-order valence-electron chi connectivity index (χ2n) is 4.70. The Hall–Kier alpha value is -0.790. The van der Waals surface area contributed by atoms with Crippen LogP contribution in [0.3, 0.4) is 0 Å². The molecule has 0 unspecified atom stereocenters. The van der Waals surface area contributed by atoms with Gasteiger partial charge in [0.15, 0.2) is 0 Å². The topological polar surface area (TPSA) is 41.1 Å². The van der Waals surface area contributed by atoms with Gasteiger partial charge in [-0.1, -0.05) is 15.9 Å². The van der Waals surface area contributed by atoms with E-state index in [1.165, 1.54) is 12.1 Å². The number of hydrogen-bond acceptors (Lipinski definition) is 2. The van der Waals surface area contributed by atoms with E-state index in [2.05, 4.69) is 26.6 Å². The summed E-state index contributed by atoms with van der Waals surface area (Å²) in [5.74, 6) is -0.682. The molecular weight excluding hydrogens is 373 g/mol. The molecule has 1 aliphatic rings. The van der Waals surface area contributed by atoms with Crippen LogP contribution in [0.2, 0.25) is 0 Å². The number of piperidine rings is 1. The molecule has 1 atom stereocenters. The quantitative estimate of drug-likeness (QED) is 0.817. The summed E-state index contributed by atoms with van der Waals surface area (Å²) in [4.78, 5) is 12.0. The molecule has 1 fully saturated rings. The van der Waals surface area contributed by atoms with Crippen molar-refractivity contribution in [3.8, 4) is 0 Å². The van der Waals surface area contributed by atoms with E-state index in [1.54, 1.807) is 0 Å². The predicted molar refractivity (Wildman–Crippen MR) is 79.7 cm³/mol. The highest BCUT2D eigenvalue weighted by Crippen LogP contribution is 2.33. The normalized spacial score (nSPS) is 18.8. The number of halogens is 5. The van der Waals surface area contributed by atoms with Crippen LogP contribution in [-0.4, -0.2) is 25.0 Å². The number of hydrogen-bond donors (Lipinski definition) is 2. The molecular formula is C13H15BrClF3N2O. The molecule has 0 saturated carbocycles. The summed E-state index contributed by atoms with van der Waals surface area (Å²) in [5, 5.41) is 5.75. The lowest BCUT2D eigenvalue weighted by Crippen LogP contribution is -2.45. The van der Waals surface area contributed by atoms with Crippen molar-refractivity contribution >= 4 is 34.2 Å². The lowest BCUT2D eigenvalue weighted by atomic mass is 10.0. The van der Waals surface area contributed by atoms with Crippen molar-refractivity contribution in [3.63, 3.8) is 0 Å². The Morgan fingerprint density at radius 1 is 1.38 bits per heavy atom. The summed E-state index contributed by atoms with van der Waals surface area (Å²) in [6, 6.07) is 3.43. The van der Waals surface area contributed by atoms with E-state index in [0.717, 1.165) is 25.5 Å². The Labute approximate surface area is 135 Å². The zero-order valence-corrected chi connectivity index (χ0v) is 13.4.